The molecule has 0 saturated carbocycles. The molecule has 1 N–H and O–H groups in total. The summed E-state index contributed by atoms with van der Waals surface area (Å²) in [4.78, 5) is 25.0. The van der Waals surface area contributed by atoms with E-state index >= 15 is 0 Å². The van der Waals surface area contributed by atoms with Crippen molar-refractivity contribution in [2.75, 3.05) is 20.1 Å². The Balaban J connectivity index is 1.63. The van der Waals surface area contributed by atoms with Crippen LogP contribution >= 0.6 is 11.6 Å². The van der Waals surface area contributed by atoms with Crippen LogP contribution in [-0.4, -0.2) is 59.2 Å². The van der Waals surface area contributed by atoms with Gasteiger partial charge in [0.15, 0.2) is 6.23 Å². The number of likely N-dealkylation sites (tertiary alicyclic amines) is 1. The normalized spacial score (nSPS) is 18.8. The molecule has 2 heterocycles. The largest absolute Gasteiger partial charge is 0.468 e. The summed E-state index contributed by atoms with van der Waals surface area (Å²) in [6.45, 7) is -1.78. The second kappa shape index (κ2) is 7.30. The Hall–Kier alpha value is -3.01. The Morgan fingerprint density at radius 1 is 1.16 bits per heavy atom. The monoisotopic (exact) mass is 458 g/mol. The van der Waals surface area contributed by atoms with Crippen LogP contribution in [0.3, 0.4) is 0 Å². The molecule has 31 heavy (non-hydrogen) atoms. The van der Waals surface area contributed by atoms with Gasteiger partial charge < -0.3 is 14.7 Å². The van der Waals surface area contributed by atoms with Gasteiger partial charge in [0.05, 0.1) is 18.1 Å². The van der Waals surface area contributed by atoms with E-state index in [1.54, 1.807) is 6.07 Å². The molecule has 11 heteroatoms. The SMILES string of the molecule is CN(C(=O)O)C1Cc2cc(-c3cc(F)c(C(=O)N4CC(F)(F)C4)c(F)c3)cc(Cl)c2O1. The van der Waals surface area contributed by atoms with Crippen molar-refractivity contribution in [3.05, 3.63) is 52.0 Å². The maximum absolute atomic E-state index is 14.6. The molecule has 0 aromatic heterocycles. The summed E-state index contributed by atoms with van der Waals surface area (Å²) in [5.41, 5.74) is 0.0286. The minimum absolute atomic E-state index is 0.0697. The summed E-state index contributed by atoms with van der Waals surface area (Å²) >= 11 is 6.22. The average Bonchev–Trinajstić information content (AvgIpc) is 3.09. The van der Waals surface area contributed by atoms with Gasteiger partial charge >= 0.3 is 6.09 Å². The lowest BCUT2D eigenvalue weighted by Gasteiger charge is -2.38. The second-order valence-corrected chi connectivity index (χ2v) is 7.86. The first-order valence-corrected chi connectivity index (χ1v) is 9.46. The molecule has 4 rings (SSSR count). The van der Waals surface area contributed by atoms with Crippen LogP contribution in [0.2, 0.25) is 5.02 Å². The number of amides is 2. The highest BCUT2D eigenvalue weighted by Gasteiger charge is 2.47. The Labute approximate surface area is 178 Å². The van der Waals surface area contributed by atoms with Crippen LogP contribution in [0.4, 0.5) is 22.4 Å². The van der Waals surface area contributed by atoms with Crippen LogP contribution in [0.25, 0.3) is 11.1 Å². The summed E-state index contributed by atoms with van der Waals surface area (Å²) in [5.74, 6) is -6.31. The molecule has 6 nitrogen and oxygen atoms in total. The summed E-state index contributed by atoms with van der Waals surface area (Å²) in [6, 6.07) is 4.80. The van der Waals surface area contributed by atoms with Crippen LogP contribution in [0, 0.1) is 11.6 Å². The Morgan fingerprint density at radius 3 is 2.29 bits per heavy atom. The molecule has 1 atom stereocenters. The molecule has 0 aliphatic carbocycles. The fourth-order valence-electron chi connectivity index (χ4n) is 3.56. The molecule has 2 aliphatic rings. The predicted molar refractivity (Wildman–Crippen MR) is 102 cm³/mol. The first kappa shape index (κ1) is 21.2. The van der Waals surface area contributed by atoms with Gasteiger partial charge in [0, 0.05) is 19.0 Å². The van der Waals surface area contributed by atoms with E-state index in [4.69, 9.17) is 21.4 Å². The standard InChI is InChI=1S/C20H15ClF4N2O4/c1-26(19(29)30)15-6-11-2-9(3-12(21)17(11)31-15)10-4-13(22)16(14(23)5-10)18(28)27-7-20(24,25)8-27/h2-5,15H,6-8H2,1H3,(H,29,30). The maximum atomic E-state index is 14.6. The van der Waals surface area contributed by atoms with Gasteiger partial charge in [0.2, 0.25) is 0 Å². The number of fused-ring (bicyclic) bond motifs is 1. The van der Waals surface area contributed by atoms with Gasteiger partial charge in [0.25, 0.3) is 11.8 Å². The minimum Gasteiger partial charge on any atom is -0.468 e. The molecule has 0 bridgehead atoms. The smallest absolute Gasteiger partial charge is 0.409 e. The first-order valence-electron chi connectivity index (χ1n) is 9.08. The molecule has 1 fully saturated rings. The number of benzene rings is 2. The molecule has 1 unspecified atom stereocenters. The molecular formula is C20H15ClF4N2O4. The number of halogens is 5. The van der Waals surface area contributed by atoms with E-state index in [0.29, 0.717) is 16.0 Å². The zero-order valence-electron chi connectivity index (χ0n) is 16.0. The third-order valence-corrected chi connectivity index (χ3v) is 5.50. The Kier molecular flexibility index (Phi) is 5.00. The number of carboxylic acid groups (broad SMARTS) is 1. The van der Waals surface area contributed by atoms with Crippen molar-refractivity contribution in [2.45, 2.75) is 18.6 Å². The fourth-order valence-corrected chi connectivity index (χ4v) is 3.85. The molecule has 2 aromatic carbocycles. The molecular weight excluding hydrogens is 444 g/mol. The van der Waals surface area contributed by atoms with Crippen molar-refractivity contribution in [2.24, 2.45) is 0 Å². The molecule has 0 radical (unpaired) electrons. The van der Waals surface area contributed by atoms with Crippen LogP contribution < -0.4 is 4.74 Å². The van der Waals surface area contributed by atoms with E-state index in [0.717, 1.165) is 17.0 Å². The van der Waals surface area contributed by atoms with Gasteiger partial charge in [0.1, 0.15) is 22.9 Å². The number of nitrogens with zero attached hydrogens (tertiary/aromatic N) is 2. The first-order chi connectivity index (χ1) is 14.5. The quantitative estimate of drug-likeness (QED) is 0.698. The molecule has 164 valence electrons. The van der Waals surface area contributed by atoms with E-state index < -0.39 is 54.4 Å². The van der Waals surface area contributed by atoms with Crippen LogP contribution in [-0.2, 0) is 6.42 Å². The third kappa shape index (κ3) is 3.76. The summed E-state index contributed by atoms with van der Waals surface area (Å²) in [6.07, 6.45) is -1.82. The lowest BCUT2D eigenvalue weighted by molar-refractivity contribution is -0.113. The van der Waals surface area contributed by atoms with Crippen molar-refractivity contribution in [3.63, 3.8) is 0 Å². The van der Waals surface area contributed by atoms with Gasteiger partial charge in [-0.15, -0.1) is 0 Å². The van der Waals surface area contributed by atoms with Gasteiger partial charge in [-0.1, -0.05) is 11.6 Å². The van der Waals surface area contributed by atoms with E-state index in [1.807, 2.05) is 0 Å². The maximum Gasteiger partial charge on any atom is 0.409 e. The predicted octanol–water partition coefficient (Wildman–Crippen LogP) is 4.25. The van der Waals surface area contributed by atoms with Crippen molar-refractivity contribution in [1.82, 2.24) is 9.80 Å². The van der Waals surface area contributed by atoms with E-state index in [1.165, 1.54) is 13.1 Å². The minimum atomic E-state index is -3.06. The van der Waals surface area contributed by atoms with Gasteiger partial charge in [-0.05, 0) is 35.4 Å². The van der Waals surface area contributed by atoms with E-state index in [-0.39, 0.29) is 22.8 Å². The number of carbonyl (C=O) groups excluding carboxylic acids is 1. The van der Waals surface area contributed by atoms with Crippen LogP contribution in [0.15, 0.2) is 24.3 Å². The van der Waals surface area contributed by atoms with Crippen molar-refractivity contribution >= 4 is 23.6 Å². The topological polar surface area (TPSA) is 70.1 Å². The molecule has 2 aromatic rings. The molecule has 0 spiro atoms. The zero-order chi connectivity index (χ0) is 22.7. The zero-order valence-corrected chi connectivity index (χ0v) is 16.7. The van der Waals surface area contributed by atoms with E-state index in [2.05, 4.69) is 0 Å². The van der Waals surface area contributed by atoms with Gasteiger partial charge in [-0.25, -0.2) is 22.4 Å². The Bertz CT molecular complexity index is 1080. The van der Waals surface area contributed by atoms with Crippen molar-refractivity contribution in [3.8, 4) is 16.9 Å². The van der Waals surface area contributed by atoms with Crippen LogP contribution in [0.5, 0.6) is 5.75 Å². The lowest BCUT2D eigenvalue weighted by atomic mass is 9.98. The number of hydrogen-bond donors (Lipinski definition) is 1. The Morgan fingerprint density at radius 2 is 1.74 bits per heavy atom. The number of ether oxygens (including phenoxy) is 1. The number of rotatable bonds is 3. The average molecular weight is 459 g/mol. The second-order valence-electron chi connectivity index (χ2n) is 7.45. The number of likely N-dealkylation sites (N-methyl/N-ethyl adjacent to an activating group) is 1. The highest BCUT2D eigenvalue weighted by molar-refractivity contribution is 6.32. The van der Waals surface area contributed by atoms with Crippen LogP contribution in [0.1, 0.15) is 15.9 Å². The molecule has 1 saturated heterocycles. The number of hydrogen-bond acceptors (Lipinski definition) is 3. The number of alkyl halides is 2. The van der Waals surface area contributed by atoms with Crippen molar-refractivity contribution < 1.29 is 37.0 Å². The highest BCUT2D eigenvalue weighted by Crippen LogP contribution is 2.41. The summed E-state index contributed by atoms with van der Waals surface area (Å²) in [7, 11) is 1.34. The summed E-state index contributed by atoms with van der Waals surface area (Å²) in [5, 5.41) is 9.22. The number of carbonyl (C=O) groups is 2. The highest BCUT2D eigenvalue weighted by atomic mass is 35.5. The van der Waals surface area contributed by atoms with Gasteiger partial charge in [-0.3, -0.25) is 9.69 Å². The van der Waals surface area contributed by atoms with Crippen molar-refractivity contribution in [1.29, 1.82) is 0 Å². The van der Waals surface area contributed by atoms with Gasteiger partial charge in [-0.2, -0.15) is 0 Å². The summed E-state index contributed by atoms with van der Waals surface area (Å²) < 4.78 is 60.7. The van der Waals surface area contributed by atoms with E-state index in [9.17, 15) is 27.2 Å². The fraction of sp³-hybridized carbons (Fsp3) is 0.300. The lowest BCUT2D eigenvalue weighted by Crippen LogP contribution is -2.58. The molecule has 2 amide bonds. The third-order valence-electron chi connectivity index (χ3n) is 5.22. The molecule has 2 aliphatic heterocycles.